The number of amides is 1. The van der Waals surface area contributed by atoms with Gasteiger partial charge in [0.25, 0.3) is 0 Å². The summed E-state index contributed by atoms with van der Waals surface area (Å²) in [5, 5.41) is 23.3. The van der Waals surface area contributed by atoms with Gasteiger partial charge in [-0.3, -0.25) is 9.59 Å². The van der Waals surface area contributed by atoms with E-state index >= 15 is 0 Å². The Morgan fingerprint density at radius 1 is 0.326 bits per heavy atom. The lowest BCUT2D eigenvalue weighted by molar-refractivity contribution is -0.143. The smallest absolute Gasteiger partial charge is 0.305 e. The Balaban J connectivity index is 3.26. The number of hydrogen-bond acceptors (Lipinski definition) is 5. The van der Waals surface area contributed by atoms with Crippen LogP contribution in [0.1, 0.15) is 450 Å². The largest absolute Gasteiger partial charge is 0.466 e. The molecule has 0 spiro atoms. The van der Waals surface area contributed by atoms with Crippen LogP contribution in [0.2, 0.25) is 0 Å². The number of unbranched alkanes of at least 4 members (excludes halogenated alkanes) is 60. The Kier molecular flexibility index (Phi) is 74.3. The standard InChI is InChI=1S/C80H155NO5/c1-3-5-7-9-11-13-15-16-17-18-40-44-47-50-54-58-62-66-70-74-80(85)86-75-71-67-63-59-55-51-48-45-42-39-37-35-33-31-29-27-25-23-21-19-20-22-24-26-28-30-32-34-36-38-41-43-46-49-53-57-61-65-69-73-79(84)81-77(76-82)78(83)72-68-64-60-56-52-14-12-10-8-6-4-2/h11,13,16-17,77-78,82-83H,3-10,12,14-15,18-76H2,1-2H3,(H,81,84)/b13-11-,17-16-. The topological polar surface area (TPSA) is 95.9 Å². The molecule has 0 aromatic heterocycles. The molecule has 0 bridgehead atoms. The highest BCUT2D eigenvalue weighted by molar-refractivity contribution is 5.76. The highest BCUT2D eigenvalue weighted by Gasteiger charge is 2.20. The van der Waals surface area contributed by atoms with Gasteiger partial charge in [-0.25, -0.2) is 0 Å². The first kappa shape index (κ1) is 84.3. The van der Waals surface area contributed by atoms with E-state index in [-0.39, 0.29) is 18.5 Å². The monoisotopic (exact) mass is 1210 g/mol. The molecule has 510 valence electrons. The summed E-state index contributed by atoms with van der Waals surface area (Å²) in [4.78, 5) is 24.6. The minimum atomic E-state index is -0.658. The number of ether oxygens (including phenoxy) is 1. The van der Waals surface area contributed by atoms with Gasteiger partial charge in [0.2, 0.25) is 5.91 Å². The summed E-state index contributed by atoms with van der Waals surface area (Å²) in [6.07, 6.45) is 97.2. The Hall–Kier alpha value is -1.66. The summed E-state index contributed by atoms with van der Waals surface area (Å²) in [5.41, 5.74) is 0. The summed E-state index contributed by atoms with van der Waals surface area (Å²) >= 11 is 0. The van der Waals surface area contributed by atoms with Crippen LogP contribution in [0.5, 0.6) is 0 Å². The summed E-state index contributed by atoms with van der Waals surface area (Å²) in [6, 6.07) is -0.535. The van der Waals surface area contributed by atoms with E-state index in [9.17, 15) is 19.8 Å². The van der Waals surface area contributed by atoms with Crippen LogP contribution in [0, 0.1) is 0 Å². The van der Waals surface area contributed by atoms with Crippen molar-refractivity contribution in [3.05, 3.63) is 24.3 Å². The zero-order valence-corrected chi connectivity index (χ0v) is 58.6. The number of aliphatic hydroxyl groups is 2. The maximum Gasteiger partial charge on any atom is 0.305 e. The molecule has 2 atom stereocenters. The second-order valence-electron chi connectivity index (χ2n) is 27.4. The second-order valence-corrected chi connectivity index (χ2v) is 27.4. The lowest BCUT2D eigenvalue weighted by Gasteiger charge is -2.22. The van der Waals surface area contributed by atoms with Crippen molar-refractivity contribution >= 4 is 11.9 Å². The molecule has 0 fully saturated rings. The lowest BCUT2D eigenvalue weighted by Crippen LogP contribution is -2.45. The van der Waals surface area contributed by atoms with Gasteiger partial charge >= 0.3 is 5.97 Å². The third kappa shape index (κ3) is 71.4. The molecule has 0 heterocycles. The molecule has 0 radical (unpaired) electrons. The van der Waals surface area contributed by atoms with Crippen LogP contribution < -0.4 is 5.32 Å². The molecule has 1 amide bonds. The Morgan fingerprint density at radius 3 is 0.907 bits per heavy atom. The number of nitrogens with one attached hydrogen (secondary N) is 1. The molecule has 0 aliphatic carbocycles. The van der Waals surface area contributed by atoms with Crippen molar-refractivity contribution in [3.8, 4) is 0 Å². The fraction of sp³-hybridized carbons (Fsp3) is 0.925. The molecule has 86 heavy (non-hydrogen) atoms. The number of carbonyl (C=O) groups excluding carboxylic acids is 2. The van der Waals surface area contributed by atoms with Crippen molar-refractivity contribution < 1.29 is 24.5 Å². The second kappa shape index (κ2) is 75.8. The summed E-state index contributed by atoms with van der Waals surface area (Å²) in [5.74, 6) is -0.00627. The molecule has 3 N–H and O–H groups in total. The molecule has 0 saturated heterocycles. The summed E-state index contributed by atoms with van der Waals surface area (Å²) in [7, 11) is 0. The van der Waals surface area contributed by atoms with Gasteiger partial charge in [-0.1, -0.05) is 404 Å². The fourth-order valence-electron chi connectivity index (χ4n) is 12.7. The number of aliphatic hydroxyl groups excluding tert-OH is 2. The minimum absolute atomic E-state index is 0.0210. The Labute approximate surface area is 539 Å². The van der Waals surface area contributed by atoms with E-state index in [0.29, 0.717) is 25.9 Å². The first-order valence-electron chi connectivity index (χ1n) is 39.6. The zero-order chi connectivity index (χ0) is 62.0. The molecular weight excluding hydrogens is 1050 g/mol. The van der Waals surface area contributed by atoms with Crippen molar-refractivity contribution in [2.45, 2.75) is 463 Å². The van der Waals surface area contributed by atoms with E-state index < -0.39 is 12.1 Å². The van der Waals surface area contributed by atoms with Gasteiger partial charge in [-0.15, -0.1) is 0 Å². The van der Waals surface area contributed by atoms with Crippen molar-refractivity contribution in [1.29, 1.82) is 0 Å². The number of allylic oxidation sites excluding steroid dienone is 4. The quantitative estimate of drug-likeness (QED) is 0.0320. The van der Waals surface area contributed by atoms with Crippen molar-refractivity contribution in [2.24, 2.45) is 0 Å². The number of esters is 1. The highest BCUT2D eigenvalue weighted by atomic mass is 16.5. The molecule has 0 aromatic carbocycles. The SMILES string of the molecule is CCCCC/C=C\C/C=C\CCCCCCCCCCCC(=O)OCCCCCCCCCCCCCCCCCCCCCCCCCCCCCCCCCCCCCCCCCC(=O)NC(CO)C(O)CCCCCCCCCCCCC. The van der Waals surface area contributed by atoms with E-state index in [4.69, 9.17) is 4.74 Å². The fourth-order valence-corrected chi connectivity index (χ4v) is 12.7. The van der Waals surface area contributed by atoms with Crippen LogP contribution >= 0.6 is 0 Å². The maximum atomic E-state index is 12.5. The maximum absolute atomic E-state index is 12.5. The average Bonchev–Trinajstić information content (AvgIpc) is 3.58. The van der Waals surface area contributed by atoms with E-state index in [2.05, 4.69) is 43.5 Å². The third-order valence-electron chi connectivity index (χ3n) is 18.8. The van der Waals surface area contributed by atoms with Crippen LogP contribution in [0.3, 0.4) is 0 Å². The van der Waals surface area contributed by atoms with Crippen molar-refractivity contribution in [2.75, 3.05) is 13.2 Å². The molecule has 6 nitrogen and oxygen atoms in total. The number of hydrogen-bond donors (Lipinski definition) is 3. The predicted molar refractivity (Wildman–Crippen MR) is 380 cm³/mol. The molecular formula is C80H155NO5. The third-order valence-corrected chi connectivity index (χ3v) is 18.8. The minimum Gasteiger partial charge on any atom is -0.466 e. The summed E-state index contributed by atoms with van der Waals surface area (Å²) in [6.45, 7) is 4.96. The number of rotatable bonds is 75. The Bertz CT molecular complexity index is 1350. The van der Waals surface area contributed by atoms with Gasteiger partial charge in [0.15, 0.2) is 0 Å². The van der Waals surface area contributed by atoms with E-state index in [1.807, 2.05) is 0 Å². The normalized spacial score (nSPS) is 12.6. The van der Waals surface area contributed by atoms with Gasteiger partial charge < -0.3 is 20.3 Å². The highest BCUT2D eigenvalue weighted by Crippen LogP contribution is 2.20. The van der Waals surface area contributed by atoms with Crippen molar-refractivity contribution in [3.63, 3.8) is 0 Å². The first-order valence-corrected chi connectivity index (χ1v) is 39.6. The van der Waals surface area contributed by atoms with Crippen LogP contribution in [-0.4, -0.2) is 47.4 Å². The van der Waals surface area contributed by atoms with Crippen LogP contribution in [-0.2, 0) is 14.3 Å². The predicted octanol–water partition coefficient (Wildman–Crippen LogP) is 26.0. The van der Waals surface area contributed by atoms with Crippen LogP contribution in [0.4, 0.5) is 0 Å². The molecule has 6 heteroatoms. The molecule has 0 aliphatic heterocycles. The van der Waals surface area contributed by atoms with Crippen LogP contribution in [0.15, 0.2) is 24.3 Å². The van der Waals surface area contributed by atoms with Gasteiger partial charge in [0.05, 0.1) is 25.4 Å². The molecule has 0 aromatic rings. The summed E-state index contributed by atoms with van der Waals surface area (Å²) < 4.78 is 5.52. The van der Waals surface area contributed by atoms with Gasteiger partial charge in [-0.2, -0.15) is 0 Å². The van der Waals surface area contributed by atoms with Crippen molar-refractivity contribution in [1.82, 2.24) is 5.32 Å². The van der Waals surface area contributed by atoms with Crippen LogP contribution in [0.25, 0.3) is 0 Å². The zero-order valence-electron chi connectivity index (χ0n) is 58.6. The van der Waals surface area contributed by atoms with E-state index in [0.717, 1.165) is 44.9 Å². The van der Waals surface area contributed by atoms with E-state index in [1.165, 1.54) is 372 Å². The van der Waals surface area contributed by atoms with Gasteiger partial charge in [0, 0.05) is 12.8 Å². The average molecular weight is 1210 g/mol. The molecule has 0 aliphatic rings. The Morgan fingerprint density at radius 2 is 0.581 bits per heavy atom. The van der Waals surface area contributed by atoms with Gasteiger partial charge in [-0.05, 0) is 57.8 Å². The van der Waals surface area contributed by atoms with E-state index in [1.54, 1.807) is 0 Å². The molecule has 0 rings (SSSR count). The first-order chi connectivity index (χ1) is 42.5. The molecule has 0 saturated carbocycles. The van der Waals surface area contributed by atoms with Gasteiger partial charge in [0.1, 0.15) is 0 Å². The lowest BCUT2D eigenvalue weighted by atomic mass is 10.0. The number of carbonyl (C=O) groups is 2. The molecule has 2 unspecified atom stereocenters.